The molecule has 1 atom stereocenters. The highest BCUT2D eigenvalue weighted by molar-refractivity contribution is 6.02. The number of aryl methyl sites for hydroxylation is 3. The molecular weight excluding hydrogens is 410 g/mol. The van der Waals surface area contributed by atoms with Crippen molar-refractivity contribution in [3.63, 3.8) is 0 Å². The minimum Gasteiger partial charge on any atom is -0.358 e. The number of fused-ring (bicyclic) bond motifs is 4. The SMILES string of the molecule is Cn1c(=O)n(C)c2cc(C3C4=C(CC(C)(C)CC4=O)Nc4ccc5c(c43)C=CCC5)ccc21.[HH]. The van der Waals surface area contributed by atoms with Gasteiger partial charge < -0.3 is 5.32 Å². The van der Waals surface area contributed by atoms with Crippen LogP contribution in [-0.4, -0.2) is 14.9 Å². The number of carbonyl (C=O) groups is 1. The van der Waals surface area contributed by atoms with Crippen molar-refractivity contribution in [2.24, 2.45) is 19.5 Å². The Morgan fingerprint density at radius 2 is 1.82 bits per heavy atom. The summed E-state index contributed by atoms with van der Waals surface area (Å²) in [5.41, 5.74) is 9.57. The number of allylic oxidation sites excluding steroid dienone is 3. The van der Waals surface area contributed by atoms with Gasteiger partial charge in [-0.1, -0.05) is 38.1 Å². The second kappa shape index (κ2) is 6.83. The van der Waals surface area contributed by atoms with Crippen LogP contribution in [0, 0.1) is 5.41 Å². The molecule has 0 bridgehead atoms. The minimum atomic E-state index is -0.141. The van der Waals surface area contributed by atoms with Gasteiger partial charge in [-0.25, -0.2) is 4.79 Å². The molecule has 1 unspecified atom stereocenters. The van der Waals surface area contributed by atoms with Crippen LogP contribution in [-0.2, 0) is 25.3 Å². The largest absolute Gasteiger partial charge is 0.358 e. The number of ketones is 1. The number of rotatable bonds is 1. The fourth-order valence-electron chi connectivity index (χ4n) is 6.08. The lowest BCUT2D eigenvalue weighted by molar-refractivity contribution is -0.118. The molecule has 170 valence electrons. The standard InChI is InChI=1S/C28H29N3O2.H2/c1-28(2)14-20-26(23(32)15-28)24(17-10-12-21-22(13-17)31(4)27(33)30(21)3)25-18-8-6-5-7-16(18)9-11-19(25)29-20;/h6,8-13,24,29H,5,7,14-15H2,1-4H3;1H. The van der Waals surface area contributed by atoms with E-state index in [-0.39, 0.29) is 24.2 Å². The molecule has 1 aromatic heterocycles. The number of Topliss-reactive ketones (excluding diaryl/α,β-unsaturated/α-hetero) is 1. The monoisotopic (exact) mass is 441 g/mol. The molecule has 2 heterocycles. The zero-order valence-electron chi connectivity index (χ0n) is 19.7. The molecule has 0 fully saturated rings. The van der Waals surface area contributed by atoms with E-state index in [0.29, 0.717) is 6.42 Å². The van der Waals surface area contributed by atoms with Crippen LogP contribution in [0.15, 0.2) is 52.5 Å². The first-order valence-corrected chi connectivity index (χ1v) is 11.8. The molecule has 3 aromatic rings. The molecule has 2 aromatic carbocycles. The Balaban J connectivity index is 0.00000241. The molecule has 0 saturated heterocycles. The molecule has 2 aliphatic carbocycles. The number of nitrogens with zero attached hydrogens (tertiary/aromatic N) is 2. The van der Waals surface area contributed by atoms with E-state index in [9.17, 15) is 9.59 Å². The number of hydrogen-bond donors (Lipinski definition) is 1. The van der Waals surface area contributed by atoms with E-state index >= 15 is 0 Å². The Morgan fingerprint density at radius 3 is 2.64 bits per heavy atom. The van der Waals surface area contributed by atoms with Gasteiger partial charge in [-0.2, -0.15) is 0 Å². The Morgan fingerprint density at radius 1 is 1.03 bits per heavy atom. The second-order valence-electron chi connectivity index (χ2n) is 10.6. The lowest BCUT2D eigenvalue weighted by Crippen LogP contribution is -2.34. The maximum Gasteiger partial charge on any atom is 0.328 e. The summed E-state index contributed by atoms with van der Waals surface area (Å²) in [6.45, 7) is 4.34. The molecule has 1 aliphatic heterocycles. The molecule has 0 saturated carbocycles. The Labute approximate surface area is 194 Å². The van der Waals surface area contributed by atoms with Crippen molar-refractivity contribution in [2.75, 3.05) is 5.32 Å². The van der Waals surface area contributed by atoms with E-state index in [0.717, 1.165) is 52.8 Å². The van der Waals surface area contributed by atoms with Gasteiger partial charge in [0.05, 0.1) is 11.0 Å². The zero-order valence-corrected chi connectivity index (χ0v) is 19.7. The van der Waals surface area contributed by atoms with Crippen LogP contribution in [0.5, 0.6) is 0 Å². The second-order valence-corrected chi connectivity index (χ2v) is 10.6. The van der Waals surface area contributed by atoms with Gasteiger partial charge >= 0.3 is 5.69 Å². The van der Waals surface area contributed by atoms with Crippen LogP contribution >= 0.6 is 0 Å². The van der Waals surface area contributed by atoms with Crippen molar-refractivity contribution >= 4 is 28.6 Å². The summed E-state index contributed by atoms with van der Waals surface area (Å²) >= 11 is 0. The van der Waals surface area contributed by atoms with Crippen molar-refractivity contribution in [1.82, 2.24) is 9.13 Å². The first-order chi connectivity index (χ1) is 15.7. The van der Waals surface area contributed by atoms with Gasteiger partial charge in [0.25, 0.3) is 0 Å². The van der Waals surface area contributed by atoms with Crippen molar-refractivity contribution in [1.29, 1.82) is 0 Å². The zero-order chi connectivity index (χ0) is 23.1. The summed E-state index contributed by atoms with van der Waals surface area (Å²) < 4.78 is 3.38. The van der Waals surface area contributed by atoms with Gasteiger partial charge in [0, 0.05) is 44.8 Å². The normalized spacial score (nSPS) is 21.0. The lowest BCUT2D eigenvalue weighted by Gasteiger charge is -2.40. The number of anilines is 1. The number of benzene rings is 2. The summed E-state index contributed by atoms with van der Waals surface area (Å²) in [6, 6.07) is 10.7. The molecule has 0 radical (unpaired) electrons. The third kappa shape index (κ3) is 2.91. The molecule has 5 nitrogen and oxygen atoms in total. The molecule has 0 spiro atoms. The van der Waals surface area contributed by atoms with E-state index < -0.39 is 0 Å². The molecule has 0 amide bonds. The fourth-order valence-corrected chi connectivity index (χ4v) is 6.08. The number of carbonyl (C=O) groups excluding carboxylic acids is 1. The Bertz CT molecular complexity index is 1490. The van der Waals surface area contributed by atoms with E-state index in [4.69, 9.17) is 0 Å². The van der Waals surface area contributed by atoms with Gasteiger partial charge in [-0.3, -0.25) is 13.9 Å². The summed E-state index contributed by atoms with van der Waals surface area (Å²) in [7, 11) is 3.62. The highest BCUT2D eigenvalue weighted by Gasteiger charge is 2.41. The Hall–Kier alpha value is -3.34. The summed E-state index contributed by atoms with van der Waals surface area (Å²) in [6.07, 6.45) is 7.93. The van der Waals surface area contributed by atoms with E-state index in [2.05, 4.69) is 55.6 Å². The summed E-state index contributed by atoms with van der Waals surface area (Å²) in [5, 5.41) is 3.66. The average Bonchev–Trinajstić information content (AvgIpc) is 3.00. The quantitative estimate of drug-likeness (QED) is 0.559. The maximum atomic E-state index is 13.6. The van der Waals surface area contributed by atoms with E-state index in [1.807, 2.05) is 13.1 Å². The van der Waals surface area contributed by atoms with Crippen molar-refractivity contribution < 1.29 is 6.22 Å². The minimum absolute atomic E-state index is 0. The topological polar surface area (TPSA) is 56.0 Å². The van der Waals surface area contributed by atoms with Gasteiger partial charge in [-0.05, 0) is 65.1 Å². The van der Waals surface area contributed by atoms with Gasteiger partial charge in [0.1, 0.15) is 0 Å². The van der Waals surface area contributed by atoms with Crippen molar-refractivity contribution in [3.05, 3.63) is 80.4 Å². The Kier molecular flexibility index (Phi) is 4.20. The molecule has 6 rings (SSSR count). The summed E-state index contributed by atoms with van der Waals surface area (Å²) in [4.78, 5) is 26.2. The molecular formula is C28H31N3O2. The predicted octanol–water partition coefficient (Wildman–Crippen LogP) is 5.28. The predicted molar refractivity (Wildman–Crippen MR) is 135 cm³/mol. The van der Waals surface area contributed by atoms with Gasteiger partial charge in [0.2, 0.25) is 0 Å². The van der Waals surface area contributed by atoms with Gasteiger partial charge in [-0.15, -0.1) is 0 Å². The lowest BCUT2D eigenvalue weighted by atomic mass is 9.67. The smallest absolute Gasteiger partial charge is 0.328 e. The van der Waals surface area contributed by atoms with Crippen molar-refractivity contribution in [3.8, 4) is 0 Å². The van der Waals surface area contributed by atoms with E-state index in [1.54, 1.807) is 16.2 Å². The first kappa shape index (κ1) is 20.3. The molecule has 1 N–H and O–H groups in total. The average molecular weight is 442 g/mol. The van der Waals surface area contributed by atoms with Crippen LogP contribution in [0.1, 0.15) is 62.7 Å². The number of nitrogens with one attached hydrogen (secondary N) is 1. The summed E-state index contributed by atoms with van der Waals surface area (Å²) in [5.74, 6) is 0.0843. The van der Waals surface area contributed by atoms with Crippen LogP contribution in [0.4, 0.5) is 5.69 Å². The molecule has 3 aliphatic rings. The van der Waals surface area contributed by atoms with Crippen LogP contribution in [0.25, 0.3) is 17.1 Å². The van der Waals surface area contributed by atoms with Gasteiger partial charge in [0.15, 0.2) is 5.78 Å². The highest BCUT2D eigenvalue weighted by Crippen LogP contribution is 2.51. The van der Waals surface area contributed by atoms with E-state index in [1.165, 1.54) is 16.7 Å². The number of imidazole rings is 1. The third-order valence-electron chi connectivity index (χ3n) is 7.65. The van der Waals surface area contributed by atoms with Crippen molar-refractivity contribution in [2.45, 2.75) is 45.4 Å². The highest BCUT2D eigenvalue weighted by atomic mass is 16.1. The van der Waals surface area contributed by atoms with Crippen LogP contribution in [0.3, 0.4) is 0 Å². The maximum absolute atomic E-state index is 13.6. The fraction of sp³-hybridized carbons (Fsp3) is 0.357. The molecule has 5 heteroatoms. The number of hydrogen-bond acceptors (Lipinski definition) is 3. The van der Waals surface area contributed by atoms with Crippen LogP contribution < -0.4 is 11.0 Å². The first-order valence-electron chi connectivity index (χ1n) is 11.8. The van der Waals surface area contributed by atoms with Crippen LogP contribution in [0.2, 0.25) is 0 Å². The number of aromatic nitrogens is 2. The molecule has 33 heavy (non-hydrogen) atoms. The third-order valence-corrected chi connectivity index (χ3v) is 7.65.